The Labute approximate surface area is 94.8 Å². The second-order valence-corrected chi connectivity index (χ2v) is 4.47. The maximum Gasteiger partial charge on any atom is 0.412 e. The molecule has 0 atom stereocenters. The van der Waals surface area contributed by atoms with Crippen LogP contribution in [0.5, 0.6) is 0 Å². The van der Waals surface area contributed by atoms with Crippen LogP contribution in [0.4, 0.5) is 21.9 Å². The third-order valence-electron chi connectivity index (χ3n) is 1.73. The molecule has 1 aromatic rings. The van der Waals surface area contributed by atoms with Gasteiger partial charge in [0, 0.05) is 5.69 Å². The third-order valence-corrected chi connectivity index (χ3v) is 1.73. The van der Waals surface area contributed by atoms with Gasteiger partial charge in [0.25, 0.3) is 0 Å². The van der Waals surface area contributed by atoms with Gasteiger partial charge in [-0.2, -0.15) is 0 Å². The molecule has 0 aromatic heterocycles. The summed E-state index contributed by atoms with van der Waals surface area (Å²) in [6.45, 7) is 5.39. The summed E-state index contributed by atoms with van der Waals surface area (Å²) in [5.41, 5.74) is 12.1. The van der Waals surface area contributed by atoms with E-state index in [0.717, 1.165) is 0 Å². The van der Waals surface area contributed by atoms with E-state index in [2.05, 4.69) is 5.32 Å². The number of rotatable bonds is 1. The highest BCUT2D eigenvalue weighted by atomic mass is 16.6. The van der Waals surface area contributed by atoms with Crippen molar-refractivity contribution in [1.29, 1.82) is 0 Å². The summed E-state index contributed by atoms with van der Waals surface area (Å²) in [5, 5.41) is 2.57. The molecule has 0 fully saturated rings. The molecule has 0 aliphatic heterocycles. The van der Waals surface area contributed by atoms with E-state index in [4.69, 9.17) is 16.2 Å². The van der Waals surface area contributed by atoms with E-state index in [0.29, 0.717) is 17.1 Å². The molecule has 88 valence electrons. The highest BCUT2D eigenvalue weighted by Gasteiger charge is 2.16. The number of nitrogen functional groups attached to an aromatic ring is 2. The number of nitrogens with one attached hydrogen (secondary N) is 1. The molecule has 0 saturated heterocycles. The van der Waals surface area contributed by atoms with E-state index >= 15 is 0 Å². The largest absolute Gasteiger partial charge is 0.444 e. The first-order chi connectivity index (χ1) is 7.28. The summed E-state index contributed by atoms with van der Waals surface area (Å²) >= 11 is 0. The number of carbonyl (C=O) groups excluding carboxylic acids is 1. The molecule has 5 nitrogen and oxygen atoms in total. The SMILES string of the molecule is CC(C)(C)OC(=O)Nc1ccc(N)c(N)c1. The number of nitrogens with two attached hydrogens (primary N) is 2. The zero-order valence-electron chi connectivity index (χ0n) is 9.70. The highest BCUT2D eigenvalue weighted by Crippen LogP contribution is 2.20. The van der Waals surface area contributed by atoms with Gasteiger partial charge in [0.05, 0.1) is 11.4 Å². The first-order valence-corrected chi connectivity index (χ1v) is 4.93. The van der Waals surface area contributed by atoms with Gasteiger partial charge < -0.3 is 16.2 Å². The van der Waals surface area contributed by atoms with Gasteiger partial charge in [0.2, 0.25) is 0 Å². The van der Waals surface area contributed by atoms with Gasteiger partial charge in [-0.3, -0.25) is 5.32 Å². The smallest absolute Gasteiger partial charge is 0.412 e. The summed E-state index contributed by atoms with van der Waals surface area (Å²) in [7, 11) is 0. The van der Waals surface area contributed by atoms with Crippen molar-refractivity contribution in [2.45, 2.75) is 26.4 Å². The monoisotopic (exact) mass is 223 g/mol. The molecule has 0 saturated carbocycles. The average molecular weight is 223 g/mol. The first-order valence-electron chi connectivity index (χ1n) is 4.93. The number of benzene rings is 1. The molecule has 0 radical (unpaired) electrons. The molecule has 0 bridgehead atoms. The fourth-order valence-corrected chi connectivity index (χ4v) is 1.07. The Hall–Kier alpha value is -1.91. The molecule has 16 heavy (non-hydrogen) atoms. The topological polar surface area (TPSA) is 90.4 Å². The minimum Gasteiger partial charge on any atom is -0.444 e. The van der Waals surface area contributed by atoms with Gasteiger partial charge in [-0.05, 0) is 39.0 Å². The Bertz CT molecular complexity index is 397. The Morgan fingerprint density at radius 1 is 1.25 bits per heavy atom. The summed E-state index contributed by atoms with van der Waals surface area (Å²) in [5.74, 6) is 0. The van der Waals surface area contributed by atoms with Crippen LogP contribution in [-0.2, 0) is 4.74 Å². The molecule has 0 heterocycles. The van der Waals surface area contributed by atoms with Crippen LogP contribution >= 0.6 is 0 Å². The van der Waals surface area contributed by atoms with Gasteiger partial charge in [-0.1, -0.05) is 0 Å². The van der Waals surface area contributed by atoms with E-state index in [1.54, 1.807) is 39.0 Å². The van der Waals surface area contributed by atoms with Gasteiger partial charge in [-0.25, -0.2) is 4.79 Å². The first kappa shape index (κ1) is 12.2. The van der Waals surface area contributed by atoms with E-state index in [-0.39, 0.29) is 0 Å². The standard InChI is InChI=1S/C11H17N3O2/c1-11(2,3)16-10(15)14-7-4-5-8(12)9(13)6-7/h4-6H,12-13H2,1-3H3,(H,14,15). The lowest BCUT2D eigenvalue weighted by Gasteiger charge is -2.19. The Morgan fingerprint density at radius 2 is 1.88 bits per heavy atom. The van der Waals surface area contributed by atoms with E-state index in [1.807, 2.05) is 0 Å². The van der Waals surface area contributed by atoms with Crippen LogP contribution in [0.2, 0.25) is 0 Å². The summed E-state index contributed by atoms with van der Waals surface area (Å²) in [4.78, 5) is 11.4. The zero-order valence-corrected chi connectivity index (χ0v) is 9.70. The molecular weight excluding hydrogens is 206 g/mol. The van der Waals surface area contributed by atoms with Crippen LogP contribution in [0.25, 0.3) is 0 Å². The summed E-state index contributed by atoms with van der Waals surface area (Å²) in [6, 6.07) is 4.87. The zero-order chi connectivity index (χ0) is 12.3. The predicted molar refractivity (Wildman–Crippen MR) is 65.1 cm³/mol. The average Bonchev–Trinajstić information content (AvgIpc) is 2.08. The molecule has 1 amide bonds. The van der Waals surface area contributed by atoms with Crippen molar-refractivity contribution in [3.8, 4) is 0 Å². The van der Waals surface area contributed by atoms with Gasteiger partial charge in [0.15, 0.2) is 0 Å². The molecule has 0 aliphatic rings. The number of amides is 1. The normalized spacial score (nSPS) is 10.9. The molecule has 0 aliphatic carbocycles. The third kappa shape index (κ3) is 3.68. The van der Waals surface area contributed by atoms with Gasteiger partial charge in [-0.15, -0.1) is 0 Å². The highest BCUT2D eigenvalue weighted by molar-refractivity contribution is 5.86. The van der Waals surface area contributed by atoms with Crippen LogP contribution in [0.15, 0.2) is 18.2 Å². The van der Waals surface area contributed by atoms with Crippen molar-refractivity contribution in [3.05, 3.63) is 18.2 Å². The van der Waals surface area contributed by atoms with Gasteiger partial charge >= 0.3 is 6.09 Å². The number of ether oxygens (including phenoxy) is 1. The van der Waals surface area contributed by atoms with Crippen LogP contribution in [0.3, 0.4) is 0 Å². The van der Waals surface area contributed by atoms with Crippen molar-refractivity contribution in [2.75, 3.05) is 16.8 Å². The lowest BCUT2D eigenvalue weighted by Crippen LogP contribution is -2.27. The van der Waals surface area contributed by atoms with Crippen molar-refractivity contribution in [1.82, 2.24) is 0 Å². The van der Waals surface area contributed by atoms with Crippen molar-refractivity contribution in [2.24, 2.45) is 0 Å². The van der Waals surface area contributed by atoms with Gasteiger partial charge in [0.1, 0.15) is 5.60 Å². The summed E-state index contributed by atoms with van der Waals surface area (Å²) in [6.07, 6.45) is -0.517. The quantitative estimate of drug-likeness (QED) is 0.636. The van der Waals surface area contributed by atoms with Crippen molar-refractivity contribution in [3.63, 3.8) is 0 Å². The molecule has 5 N–H and O–H groups in total. The second-order valence-electron chi connectivity index (χ2n) is 4.47. The van der Waals surface area contributed by atoms with E-state index in [9.17, 15) is 4.79 Å². The van der Waals surface area contributed by atoms with Crippen LogP contribution < -0.4 is 16.8 Å². The number of anilines is 3. The number of hydrogen-bond donors (Lipinski definition) is 3. The maximum absolute atomic E-state index is 11.4. The Balaban J connectivity index is 2.67. The fourth-order valence-electron chi connectivity index (χ4n) is 1.07. The predicted octanol–water partition coefficient (Wildman–Crippen LogP) is 2.20. The minimum absolute atomic E-state index is 0.425. The van der Waals surface area contributed by atoms with Crippen molar-refractivity contribution >= 4 is 23.2 Å². The lowest BCUT2D eigenvalue weighted by molar-refractivity contribution is 0.0636. The fraction of sp³-hybridized carbons (Fsp3) is 0.364. The Kier molecular flexibility index (Phi) is 3.27. The van der Waals surface area contributed by atoms with Crippen LogP contribution in [0.1, 0.15) is 20.8 Å². The van der Waals surface area contributed by atoms with Crippen molar-refractivity contribution < 1.29 is 9.53 Å². The second kappa shape index (κ2) is 4.30. The molecule has 5 heteroatoms. The lowest BCUT2D eigenvalue weighted by atomic mass is 10.2. The van der Waals surface area contributed by atoms with E-state index in [1.165, 1.54) is 0 Å². The minimum atomic E-state index is -0.524. The number of carbonyl (C=O) groups is 1. The molecule has 0 spiro atoms. The van der Waals surface area contributed by atoms with Crippen LogP contribution in [0, 0.1) is 0 Å². The Morgan fingerprint density at radius 3 is 2.38 bits per heavy atom. The molecule has 0 unspecified atom stereocenters. The maximum atomic E-state index is 11.4. The van der Waals surface area contributed by atoms with Crippen LogP contribution in [-0.4, -0.2) is 11.7 Å². The molecular formula is C11H17N3O2. The molecule has 1 aromatic carbocycles. The molecule has 1 rings (SSSR count). The van der Waals surface area contributed by atoms with E-state index < -0.39 is 11.7 Å². The number of hydrogen-bond acceptors (Lipinski definition) is 4. The summed E-state index contributed by atoms with van der Waals surface area (Å²) < 4.78 is 5.09.